The molecule has 1 aliphatic heterocycles. The van der Waals surface area contributed by atoms with E-state index in [1.807, 2.05) is 26.0 Å². The third-order valence-corrected chi connectivity index (χ3v) is 8.11. The molecule has 0 atom stereocenters. The lowest BCUT2D eigenvalue weighted by atomic mass is 9.82. The molecular weight excluding hydrogens is 565 g/mol. The summed E-state index contributed by atoms with van der Waals surface area (Å²) in [6, 6.07) is 15.5. The van der Waals surface area contributed by atoms with Gasteiger partial charge in [0.1, 0.15) is 5.82 Å². The number of aromatic nitrogens is 1. The van der Waals surface area contributed by atoms with E-state index < -0.39 is 5.60 Å². The van der Waals surface area contributed by atoms with E-state index in [1.165, 1.54) is 17.7 Å². The lowest BCUT2D eigenvalue weighted by Crippen LogP contribution is -2.38. The molecular formula is C38H54FN3O3. The number of carbonyl (C=O) groups excluding carboxylic acids is 1. The molecule has 0 saturated carbocycles. The van der Waals surface area contributed by atoms with Gasteiger partial charge in [-0.3, -0.25) is 9.78 Å². The van der Waals surface area contributed by atoms with Crippen LogP contribution in [0.3, 0.4) is 0 Å². The number of aryl methyl sites for hydroxylation is 2. The average Bonchev–Trinajstić information content (AvgIpc) is 2.94. The predicted octanol–water partition coefficient (Wildman–Crippen LogP) is 7.69. The quantitative estimate of drug-likeness (QED) is 0.235. The maximum Gasteiger partial charge on any atom is 0.310 e. The molecule has 1 saturated heterocycles. The van der Waals surface area contributed by atoms with Gasteiger partial charge in [-0.25, -0.2) is 4.39 Å². The average molecular weight is 620 g/mol. The van der Waals surface area contributed by atoms with Gasteiger partial charge in [0.25, 0.3) is 0 Å². The summed E-state index contributed by atoms with van der Waals surface area (Å²) in [6.45, 7) is 19.8. The van der Waals surface area contributed by atoms with Crippen molar-refractivity contribution >= 4 is 11.7 Å². The number of aliphatic hydroxyl groups is 1. The molecule has 0 unspecified atom stereocenters. The van der Waals surface area contributed by atoms with Crippen LogP contribution in [-0.4, -0.2) is 59.8 Å². The highest BCUT2D eigenvalue weighted by Crippen LogP contribution is 2.41. The zero-order valence-electron chi connectivity index (χ0n) is 29.0. The Morgan fingerprint density at radius 1 is 1.00 bits per heavy atom. The van der Waals surface area contributed by atoms with Crippen LogP contribution in [0.1, 0.15) is 82.5 Å². The Morgan fingerprint density at radius 3 is 2.11 bits per heavy atom. The third-order valence-electron chi connectivity index (χ3n) is 8.11. The second-order valence-corrected chi connectivity index (χ2v) is 14.1. The molecule has 1 aromatic heterocycles. The molecule has 6 nitrogen and oxygen atoms in total. The summed E-state index contributed by atoms with van der Waals surface area (Å²) in [5, 5.41) is 8.52. The fraction of sp³-hybridized carbons (Fsp3) is 0.526. The summed E-state index contributed by atoms with van der Waals surface area (Å²) in [6.07, 6.45) is 3.32. The monoisotopic (exact) mass is 619 g/mol. The van der Waals surface area contributed by atoms with Crippen molar-refractivity contribution < 1.29 is 19.0 Å². The number of ether oxygens (including phenoxy) is 1. The van der Waals surface area contributed by atoms with Crippen molar-refractivity contribution in [3.63, 3.8) is 0 Å². The number of benzene rings is 2. The number of likely N-dealkylation sites (N-methyl/N-ethyl adjacent to an activating group) is 1. The van der Waals surface area contributed by atoms with Crippen LogP contribution in [0.5, 0.6) is 0 Å². The van der Waals surface area contributed by atoms with E-state index in [1.54, 1.807) is 20.8 Å². The molecule has 3 aromatic rings. The van der Waals surface area contributed by atoms with Gasteiger partial charge >= 0.3 is 5.97 Å². The summed E-state index contributed by atoms with van der Waals surface area (Å²) in [5.74, 6) is -0.406. The Kier molecular flexibility index (Phi) is 12.7. The van der Waals surface area contributed by atoms with E-state index in [0.29, 0.717) is 12.0 Å². The predicted molar refractivity (Wildman–Crippen MR) is 183 cm³/mol. The van der Waals surface area contributed by atoms with E-state index in [0.717, 1.165) is 84.8 Å². The minimum atomic E-state index is -0.500. The molecule has 0 radical (unpaired) electrons. The van der Waals surface area contributed by atoms with Crippen LogP contribution in [0.2, 0.25) is 0 Å². The molecule has 1 N–H and O–H groups in total. The van der Waals surface area contributed by atoms with E-state index in [2.05, 4.69) is 61.9 Å². The smallest absolute Gasteiger partial charge is 0.310 e. The maximum absolute atomic E-state index is 13.2. The van der Waals surface area contributed by atoms with Crippen molar-refractivity contribution in [3.05, 3.63) is 82.4 Å². The summed E-state index contributed by atoms with van der Waals surface area (Å²) in [5.41, 5.74) is 8.41. The van der Waals surface area contributed by atoms with Crippen LogP contribution >= 0.6 is 0 Å². The number of pyridine rings is 1. The molecule has 7 heteroatoms. The van der Waals surface area contributed by atoms with Crippen LogP contribution < -0.4 is 4.90 Å². The molecule has 0 aliphatic carbocycles. The normalized spacial score (nSPS) is 14.6. The summed E-state index contributed by atoms with van der Waals surface area (Å²) in [7, 11) is 2.11. The van der Waals surface area contributed by atoms with Gasteiger partial charge in [0, 0.05) is 48.7 Å². The Morgan fingerprint density at radius 2 is 1.56 bits per heavy atom. The van der Waals surface area contributed by atoms with E-state index in [-0.39, 0.29) is 18.2 Å². The molecule has 2 heterocycles. The van der Waals surface area contributed by atoms with Gasteiger partial charge < -0.3 is 19.6 Å². The van der Waals surface area contributed by atoms with Crippen molar-refractivity contribution in [2.24, 2.45) is 5.41 Å². The zero-order chi connectivity index (χ0) is 33.4. The van der Waals surface area contributed by atoms with Gasteiger partial charge in [-0.2, -0.15) is 0 Å². The van der Waals surface area contributed by atoms with Crippen molar-refractivity contribution in [1.82, 2.24) is 9.88 Å². The standard InChI is InChI=1S/C34H44FN3O2.C4H10O/c1-7-40-31(39)22-30-24(2)36-25(3)32(33(30)38-20-17-34(4,5)18-21-38)28-12-8-27(9-13-28)23-37(6)19-16-26-10-14-29(35)15-11-26;1-4(2,3)5/h8-15H,7,16-23H2,1-6H3;5H,1-3H3. The van der Waals surface area contributed by atoms with E-state index in [9.17, 15) is 9.18 Å². The van der Waals surface area contributed by atoms with Gasteiger partial charge in [-0.05, 0) is 102 Å². The summed E-state index contributed by atoms with van der Waals surface area (Å²) < 4.78 is 18.6. The van der Waals surface area contributed by atoms with Crippen LogP contribution in [0, 0.1) is 25.1 Å². The number of hydrogen-bond donors (Lipinski definition) is 1. The Labute approximate surface area is 270 Å². The van der Waals surface area contributed by atoms with Crippen LogP contribution in [0.25, 0.3) is 11.1 Å². The van der Waals surface area contributed by atoms with Crippen LogP contribution in [0.4, 0.5) is 10.1 Å². The Hall–Kier alpha value is -3.29. The van der Waals surface area contributed by atoms with Crippen LogP contribution in [-0.2, 0) is 28.9 Å². The largest absolute Gasteiger partial charge is 0.466 e. The second kappa shape index (κ2) is 15.8. The first-order valence-corrected chi connectivity index (χ1v) is 16.2. The van der Waals surface area contributed by atoms with Gasteiger partial charge in [-0.1, -0.05) is 50.2 Å². The SMILES string of the molecule is CC(C)(C)O.CCOC(=O)Cc1c(C)nc(C)c(-c2ccc(CN(C)CCc3ccc(F)cc3)cc2)c1N1CCC(C)(C)CC1. The molecule has 45 heavy (non-hydrogen) atoms. The molecule has 1 fully saturated rings. The third kappa shape index (κ3) is 11.5. The minimum Gasteiger partial charge on any atom is -0.466 e. The molecule has 2 aromatic carbocycles. The van der Waals surface area contributed by atoms with Gasteiger partial charge in [0.2, 0.25) is 0 Å². The molecule has 0 spiro atoms. The van der Waals surface area contributed by atoms with Crippen molar-refractivity contribution in [2.75, 3.05) is 38.2 Å². The summed E-state index contributed by atoms with van der Waals surface area (Å²) >= 11 is 0. The maximum atomic E-state index is 13.2. The van der Waals surface area contributed by atoms with Gasteiger partial charge in [0.05, 0.1) is 24.3 Å². The van der Waals surface area contributed by atoms with Crippen molar-refractivity contribution in [3.8, 4) is 11.1 Å². The first-order chi connectivity index (χ1) is 21.1. The van der Waals surface area contributed by atoms with Crippen molar-refractivity contribution in [2.45, 2.75) is 93.2 Å². The fourth-order valence-corrected chi connectivity index (χ4v) is 5.61. The number of halogens is 1. The first kappa shape index (κ1) is 36.2. The number of hydrogen-bond acceptors (Lipinski definition) is 6. The number of piperidine rings is 1. The Balaban J connectivity index is 0.00000102. The Bertz CT molecular complexity index is 1380. The fourth-order valence-electron chi connectivity index (χ4n) is 5.61. The highest BCUT2D eigenvalue weighted by atomic mass is 19.1. The lowest BCUT2D eigenvalue weighted by molar-refractivity contribution is -0.142. The zero-order valence-corrected chi connectivity index (χ0v) is 29.0. The highest BCUT2D eigenvalue weighted by molar-refractivity contribution is 5.86. The molecule has 0 amide bonds. The highest BCUT2D eigenvalue weighted by Gasteiger charge is 2.30. The van der Waals surface area contributed by atoms with E-state index in [4.69, 9.17) is 14.8 Å². The number of anilines is 1. The number of esters is 1. The number of rotatable bonds is 10. The molecule has 246 valence electrons. The molecule has 4 rings (SSSR count). The molecule has 0 bridgehead atoms. The van der Waals surface area contributed by atoms with Gasteiger partial charge in [-0.15, -0.1) is 0 Å². The lowest BCUT2D eigenvalue weighted by Gasteiger charge is -2.40. The first-order valence-electron chi connectivity index (χ1n) is 16.2. The second-order valence-electron chi connectivity index (χ2n) is 14.1. The number of nitrogens with zero attached hydrogens (tertiary/aromatic N) is 3. The topological polar surface area (TPSA) is 65.9 Å². The van der Waals surface area contributed by atoms with Crippen LogP contribution in [0.15, 0.2) is 48.5 Å². The van der Waals surface area contributed by atoms with Gasteiger partial charge in [0.15, 0.2) is 0 Å². The summed E-state index contributed by atoms with van der Waals surface area (Å²) in [4.78, 5) is 22.3. The number of carbonyl (C=O) groups is 1. The molecule has 1 aliphatic rings. The van der Waals surface area contributed by atoms with E-state index >= 15 is 0 Å². The van der Waals surface area contributed by atoms with Crippen molar-refractivity contribution in [1.29, 1.82) is 0 Å². The minimum absolute atomic E-state index is 0.198.